The molecule has 13 heteroatoms. The van der Waals surface area contributed by atoms with Gasteiger partial charge in [-0.25, -0.2) is 4.98 Å². The number of aromatic nitrogens is 1. The number of pyridine rings is 1. The van der Waals surface area contributed by atoms with E-state index < -0.39 is 11.0 Å². The lowest BCUT2D eigenvalue weighted by Gasteiger charge is -2.44. The summed E-state index contributed by atoms with van der Waals surface area (Å²) in [5.74, 6) is 0.291. The molecular weight excluding hydrogens is 413 g/mol. The zero-order chi connectivity index (χ0) is 25.6. The van der Waals surface area contributed by atoms with E-state index in [9.17, 15) is 4.79 Å². The van der Waals surface area contributed by atoms with Gasteiger partial charge in [0.1, 0.15) is 45.3 Å². The molecule has 1 aliphatic rings. The van der Waals surface area contributed by atoms with Crippen LogP contribution in [0.2, 0.25) is 0 Å². The van der Waals surface area contributed by atoms with Crippen molar-refractivity contribution in [2.75, 3.05) is 6.54 Å². The van der Waals surface area contributed by atoms with Gasteiger partial charge in [-0.3, -0.25) is 4.79 Å². The first-order valence-electron chi connectivity index (χ1n) is 12.1. The summed E-state index contributed by atoms with van der Waals surface area (Å²) in [6.45, 7) is 4.29. The molecule has 0 radical (unpaired) electrons. The van der Waals surface area contributed by atoms with Crippen LogP contribution in [-0.2, 0) is 15.3 Å². The lowest BCUT2D eigenvalue weighted by Crippen LogP contribution is -2.61. The number of ether oxygens (including phenoxy) is 1. The van der Waals surface area contributed by atoms with Crippen LogP contribution in [0.25, 0.3) is 0 Å². The van der Waals surface area contributed by atoms with Gasteiger partial charge in [0, 0.05) is 24.2 Å². The predicted molar refractivity (Wildman–Crippen MR) is 161 cm³/mol. The molecule has 1 atom stereocenters. The Hall–Kier alpha value is -2.35. The molecule has 1 aromatic heterocycles. The molecule has 3 rings (SSSR count). The van der Waals surface area contributed by atoms with Crippen LogP contribution in [-0.4, -0.2) is 90.7 Å². The molecule has 5 nitrogen and oxygen atoms in total. The van der Waals surface area contributed by atoms with Gasteiger partial charge in [-0.2, -0.15) is 5.26 Å². The summed E-state index contributed by atoms with van der Waals surface area (Å²) in [7, 11) is 17.9. The average Bonchev–Trinajstić information content (AvgIpc) is 3.13. The Bertz CT molecular complexity index is 1150. The minimum Gasteiger partial charge on any atom is -0.462 e. The quantitative estimate of drug-likeness (QED) is 0.431. The maximum absolute atomic E-state index is 13.9. The molecule has 1 fully saturated rings. The summed E-state index contributed by atoms with van der Waals surface area (Å²) in [5.41, 5.74) is 6.84. The van der Waals surface area contributed by atoms with Gasteiger partial charge in [-0.05, 0) is 38.3 Å². The fourth-order valence-electron chi connectivity index (χ4n) is 5.93. The second-order valence-corrected chi connectivity index (χ2v) is 11.4. The largest absolute Gasteiger partial charge is 0.462 e. The van der Waals surface area contributed by atoms with Crippen LogP contribution in [0.3, 0.4) is 0 Å². The van der Waals surface area contributed by atoms with Crippen molar-refractivity contribution < 1.29 is 9.53 Å². The molecule has 2 heterocycles. The van der Waals surface area contributed by atoms with Crippen LogP contribution in [0, 0.1) is 11.3 Å². The number of nitrogens with zero attached hydrogens (tertiary/aromatic N) is 3. The number of nitriles is 1. The highest BCUT2D eigenvalue weighted by molar-refractivity contribution is 6.65. The topological polar surface area (TPSA) is 66.2 Å². The molecule has 0 N–H and O–H groups in total. The van der Waals surface area contributed by atoms with Gasteiger partial charge in [-0.15, -0.1) is 0 Å². The van der Waals surface area contributed by atoms with Crippen LogP contribution < -0.4 is 26.6 Å². The molecule has 1 saturated heterocycles. The summed E-state index contributed by atoms with van der Waals surface area (Å²) in [6, 6.07) is 5.35. The van der Waals surface area contributed by atoms with E-state index >= 15 is 0 Å². The van der Waals surface area contributed by atoms with E-state index in [-0.39, 0.29) is 11.0 Å². The maximum atomic E-state index is 13.9. The second-order valence-electron chi connectivity index (χ2n) is 11.4. The number of benzene rings is 1. The van der Waals surface area contributed by atoms with Crippen molar-refractivity contribution in [1.29, 1.82) is 5.26 Å². The summed E-state index contributed by atoms with van der Waals surface area (Å²) < 4.78 is 6.06. The minimum atomic E-state index is -1.09. The molecule has 1 amide bonds. The van der Waals surface area contributed by atoms with Gasteiger partial charge in [0.05, 0.1) is 29.1 Å². The van der Waals surface area contributed by atoms with E-state index in [1.54, 1.807) is 26.0 Å². The van der Waals surface area contributed by atoms with E-state index in [4.69, 9.17) is 10.00 Å². The number of hydrogen-bond donors (Lipinski definition) is 0. The van der Waals surface area contributed by atoms with Crippen molar-refractivity contribution in [2.45, 2.75) is 42.8 Å². The first-order valence-corrected chi connectivity index (χ1v) is 12.1. The Labute approximate surface area is 211 Å². The van der Waals surface area contributed by atoms with Gasteiger partial charge in [0.15, 0.2) is 5.60 Å². The third kappa shape index (κ3) is 4.49. The fraction of sp³-hybridized carbons (Fsp3) is 0.381. The van der Waals surface area contributed by atoms with Crippen molar-refractivity contribution in [1.82, 2.24) is 9.88 Å². The summed E-state index contributed by atoms with van der Waals surface area (Å²) in [5, 5.41) is 9.07. The van der Waals surface area contributed by atoms with Crippen molar-refractivity contribution in [3.05, 3.63) is 35.0 Å². The van der Waals surface area contributed by atoms with E-state index in [1.807, 2.05) is 4.90 Å². The summed E-state index contributed by atoms with van der Waals surface area (Å²) in [4.78, 5) is 20.1. The molecule has 1 aliphatic heterocycles. The molecule has 166 valence electrons. The van der Waals surface area contributed by atoms with Gasteiger partial charge in [0.2, 0.25) is 5.88 Å². The van der Waals surface area contributed by atoms with E-state index in [2.05, 4.69) is 73.8 Å². The van der Waals surface area contributed by atoms with Gasteiger partial charge in [0.25, 0.3) is 5.91 Å². The number of hydrogen-bond acceptors (Lipinski definition) is 4. The van der Waals surface area contributed by atoms with Gasteiger partial charge in [-0.1, -0.05) is 32.5 Å². The molecule has 0 saturated carbocycles. The SMILES string of the molecule is Bc1c(B)c([C@]2(B)CCCN2C(=O)C(C)(C)Oc2ccc(C#N)cn2)c(B)c(B)c1C(B)(B)B. The second kappa shape index (κ2) is 9.02. The smallest absolute Gasteiger partial charge is 0.266 e. The molecule has 2 aromatic rings. The molecule has 1 aromatic carbocycles. The molecule has 34 heavy (non-hydrogen) atoms. The van der Waals surface area contributed by atoms with Gasteiger partial charge < -0.3 is 9.64 Å². The Morgan fingerprint density at radius 2 is 1.71 bits per heavy atom. The van der Waals surface area contributed by atoms with Crippen LogP contribution in [0.15, 0.2) is 18.3 Å². The molecular formula is C21H31B8N3O2. The summed E-state index contributed by atoms with van der Waals surface area (Å²) >= 11 is 0. The Kier molecular flexibility index (Phi) is 6.97. The summed E-state index contributed by atoms with van der Waals surface area (Å²) in [6.07, 6.45) is 3.33. The lowest BCUT2D eigenvalue weighted by molar-refractivity contribution is -0.147. The Balaban J connectivity index is 2.03. The number of rotatable bonds is 5. The monoisotopic (exact) mass is 445 g/mol. The van der Waals surface area contributed by atoms with Gasteiger partial charge >= 0.3 is 0 Å². The zero-order valence-electron chi connectivity index (χ0n) is 22.5. The third-order valence-corrected chi connectivity index (χ3v) is 7.54. The number of likely N-dealkylation sites (tertiary alicyclic amines) is 1. The number of carbonyl (C=O) groups is 1. The normalized spacial score (nSPS) is 18.4. The highest BCUT2D eigenvalue weighted by Crippen LogP contribution is 2.36. The van der Waals surface area contributed by atoms with Crippen LogP contribution >= 0.6 is 0 Å². The van der Waals surface area contributed by atoms with Crippen LogP contribution in [0.1, 0.15) is 43.4 Å². The minimum absolute atomic E-state index is 0.0485. The highest BCUT2D eigenvalue weighted by Gasteiger charge is 2.47. The standard InChI is InChI=1S/C21H31B8N3O2/c1-19(2,34-11-5-4-10(8-30)9-31-11)18(33)32-7-3-6-20(32,26)12-14(22)16(24)13(21(27,28)29)17(25)15(12)23/h4-5,9H,3,6-7,22-29H2,1-2H3/t20-/m0/s1. The first kappa shape index (κ1) is 26.3. The van der Waals surface area contributed by atoms with Crippen molar-refractivity contribution in [3.63, 3.8) is 0 Å². The highest BCUT2D eigenvalue weighted by atomic mass is 16.5. The van der Waals surface area contributed by atoms with Crippen LogP contribution in [0.5, 0.6) is 5.88 Å². The van der Waals surface area contributed by atoms with Crippen molar-refractivity contribution >= 4 is 90.5 Å². The lowest BCUT2D eigenvalue weighted by atomic mass is 9.36. The molecule has 0 unspecified atom stereocenters. The number of carbonyl (C=O) groups excluding carboxylic acids is 1. The predicted octanol–water partition coefficient (Wildman–Crippen LogP) is -7.74. The fourth-order valence-corrected chi connectivity index (χ4v) is 5.93. The van der Waals surface area contributed by atoms with Crippen molar-refractivity contribution in [3.8, 4) is 11.9 Å². The first-order chi connectivity index (χ1) is 15.6. The van der Waals surface area contributed by atoms with E-state index in [0.717, 1.165) is 12.8 Å². The van der Waals surface area contributed by atoms with Crippen molar-refractivity contribution in [2.24, 2.45) is 0 Å². The third-order valence-electron chi connectivity index (χ3n) is 7.54. The Morgan fingerprint density at radius 1 is 1.12 bits per heavy atom. The average molecular weight is 444 g/mol. The van der Waals surface area contributed by atoms with Crippen LogP contribution in [0.4, 0.5) is 0 Å². The van der Waals surface area contributed by atoms with E-state index in [0.29, 0.717) is 18.0 Å². The zero-order valence-corrected chi connectivity index (χ0v) is 22.5. The molecule has 0 aliphatic carbocycles. The molecule has 0 spiro atoms. The molecule has 0 bridgehead atoms. The van der Waals surface area contributed by atoms with E-state index in [1.165, 1.54) is 39.2 Å². The maximum Gasteiger partial charge on any atom is 0.266 e. The Morgan fingerprint density at radius 3 is 2.18 bits per heavy atom. The number of amides is 1.